The lowest BCUT2D eigenvalue weighted by molar-refractivity contribution is -0.128. The Balaban J connectivity index is 1.76. The summed E-state index contributed by atoms with van der Waals surface area (Å²) in [5.41, 5.74) is 2.07. The molecule has 3 rings (SSSR count). The molecule has 7 nitrogen and oxygen atoms in total. The van der Waals surface area contributed by atoms with Crippen molar-refractivity contribution in [1.29, 1.82) is 0 Å². The molecule has 3 aromatic rings. The molecule has 7 heteroatoms. The van der Waals surface area contributed by atoms with Crippen molar-refractivity contribution in [2.24, 2.45) is 0 Å². The molecule has 0 aromatic heterocycles. The van der Waals surface area contributed by atoms with Gasteiger partial charge in [-0.3, -0.25) is 9.59 Å². The Labute approximate surface area is 212 Å². The van der Waals surface area contributed by atoms with E-state index in [9.17, 15) is 14.4 Å². The van der Waals surface area contributed by atoms with Gasteiger partial charge in [0.25, 0.3) is 0 Å². The van der Waals surface area contributed by atoms with Gasteiger partial charge in [-0.1, -0.05) is 91.0 Å². The molecule has 0 fully saturated rings. The number of carbonyl (C=O) groups is 3. The predicted molar refractivity (Wildman–Crippen MR) is 139 cm³/mol. The number of carbonyl (C=O) groups excluding carboxylic acids is 3. The Bertz CT molecular complexity index is 1090. The fourth-order valence-corrected chi connectivity index (χ4v) is 3.66. The molecule has 1 unspecified atom stereocenters. The van der Waals surface area contributed by atoms with Gasteiger partial charge in [-0.05, 0) is 37.5 Å². The maximum Gasteiger partial charge on any atom is 0.408 e. The zero-order chi connectivity index (χ0) is 26.0. The fourth-order valence-electron chi connectivity index (χ4n) is 3.66. The van der Waals surface area contributed by atoms with Crippen molar-refractivity contribution in [3.05, 3.63) is 108 Å². The lowest BCUT2D eigenvalue weighted by atomic mass is 9.97. The van der Waals surface area contributed by atoms with Crippen molar-refractivity contribution in [2.45, 2.75) is 44.9 Å². The molecular formula is C29H33N3O4. The molecule has 3 amide bonds. The first-order valence-electron chi connectivity index (χ1n) is 11.9. The van der Waals surface area contributed by atoms with Crippen LogP contribution < -0.4 is 16.0 Å². The van der Waals surface area contributed by atoms with Crippen LogP contribution in [0.3, 0.4) is 0 Å². The summed E-state index contributed by atoms with van der Waals surface area (Å²) in [6, 6.07) is 27.5. The average molecular weight is 488 g/mol. The summed E-state index contributed by atoms with van der Waals surface area (Å²) in [4.78, 5) is 38.2. The van der Waals surface area contributed by atoms with Gasteiger partial charge in [-0.25, -0.2) is 4.79 Å². The first-order chi connectivity index (χ1) is 17.2. The number of nitrogens with one attached hydrogen (secondary N) is 3. The van der Waals surface area contributed by atoms with Gasteiger partial charge in [-0.2, -0.15) is 0 Å². The lowest BCUT2D eigenvalue weighted by Gasteiger charge is -2.25. The number of hydrogen-bond donors (Lipinski definition) is 3. The fraction of sp³-hybridized carbons (Fsp3) is 0.276. The maximum absolute atomic E-state index is 13.5. The van der Waals surface area contributed by atoms with Crippen LogP contribution in [0.1, 0.15) is 43.5 Å². The van der Waals surface area contributed by atoms with Crippen LogP contribution in [0.5, 0.6) is 0 Å². The third kappa shape index (κ3) is 8.58. The van der Waals surface area contributed by atoms with Crippen LogP contribution in [0, 0.1) is 0 Å². The van der Waals surface area contributed by atoms with Crippen molar-refractivity contribution in [1.82, 2.24) is 16.0 Å². The Hall–Kier alpha value is -4.13. The molecule has 0 aliphatic carbocycles. The predicted octanol–water partition coefficient (Wildman–Crippen LogP) is 4.14. The quantitative estimate of drug-likeness (QED) is 0.423. The van der Waals surface area contributed by atoms with Crippen molar-refractivity contribution >= 4 is 17.9 Å². The second-order valence-corrected chi connectivity index (χ2v) is 9.43. The first-order valence-corrected chi connectivity index (χ1v) is 11.9. The minimum Gasteiger partial charge on any atom is -0.444 e. The van der Waals surface area contributed by atoms with Crippen LogP contribution in [0.25, 0.3) is 0 Å². The second kappa shape index (κ2) is 12.5. The van der Waals surface area contributed by atoms with E-state index in [1.807, 2.05) is 91.0 Å². The van der Waals surface area contributed by atoms with E-state index in [4.69, 9.17) is 4.74 Å². The SMILES string of the molecule is CC(C)(C)OC(=O)NCC(=O)NC(Cc1ccccc1)C(=O)NC(c1ccccc1)c1ccccc1. The second-order valence-electron chi connectivity index (χ2n) is 9.43. The summed E-state index contributed by atoms with van der Waals surface area (Å²) < 4.78 is 5.18. The van der Waals surface area contributed by atoms with E-state index >= 15 is 0 Å². The maximum atomic E-state index is 13.5. The molecule has 3 aromatic carbocycles. The van der Waals surface area contributed by atoms with Gasteiger partial charge in [0.1, 0.15) is 18.2 Å². The van der Waals surface area contributed by atoms with Crippen LogP contribution in [-0.2, 0) is 20.7 Å². The zero-order valence-corrected chi connectivity index (χ0v) is 20.9. The van der Waals surface area contributed by atoms with E-state index in [-0.39, 0.29) is 12.5 Å². The smallest absolute Gasteiger partial charge is 0.408 e. The molecule has 36 heavy (non-hydrogen) atoms. The molecule has 3 N–H and O–H groups in total. The van der Waals surface area contributed by atoms with Gasteiger partial charge in [0.05, 0.1) is 6.04 Å². The third-order valence-corrected chi connectivity index (χ3v) is 5.28. The molecule has 1 atom stereocenters. The highest BCUT2D eigenvalue weighted by molar-refractivity contribution is 5.90. The summed E-state index contributed by atoms with van der Waals surface area (Å²) in [6.45, 7) is 4.91. The lowest BCUT2D eigenvalue weighted by Crippen LogP contribution is -2.51. The number of ether oxygens (including phenoxy) is 1. The standard InChI is InChI=1S/C29H33N3O4/c1-29(2,3)36-28(35)30-20-25(33)31-24(19-21-13-7-4-8-14-21)27(34)32-26(22-15-9-5-10-16-22)23-17-11-6-12-18-23/h4-18,24,26H,19-20H2,1-3H3,(H,30,35)(H,31,33)(H,32,34). The van der Waals surface area contributed by atoms with E-state index < -0.39 is 29.7 Å². The van der Waals surface area contributed by atoms with Gasteiger partial charge < -0.3 is 20.7 Å². The van der Waals surface area contributed by atoms with Crippen molar-refractivity contribution < 1.29 is 19.1 Å². The molecule has 0 spiro atoms. The summed E-state index contributed by atoms with van der Waals surface area (Å²) in [5.74, 6) is -0.824. The van der Waals surface area contributed by atoms with E-state index in [1.54, 1.807) is 20.8 Å². The van der Waals surface area contributed by atoms with Crippen LogP contribution in [0.4, 0.5) is 4.79 Å². The Kier molecular flexibility index (Phi) is 9.22. The van der Waals surface area contributed by atoms with Gasteiger partial charge >= 0.3 is 6.09 Å². The Morgan fingerprint density at radius 3 is 1.75 bits per heavy atom. The number of benzene rings is 3. The van der Waals surface area contributed by atoms with Crippen LogP contribution in [0.2, 0.25) is 0 Å². The van der Waals surface area contributed by atoms with Crippen LogP contribution >= 0.6 is 0 Å². The average Bonchev–Trinajstić information content (AvgIpc) is 2.86. The molecule has 0 saturated carbocycles. The molecule has 0 bridgehead atoms. The van der Waals surface area contributed by atoms with E-state index in [0.717, 1.165) is 16.7 Å². The van der Waals surface area contributed by atoms with E-state index in [0.29, 0.717) is 6.42 Å². The summed E-state index contributed by atoms with van der Waals surface area (Å²) >= 11 is 0. The van der Waals surface area contributed by atoms with Crippen molar-refractivity contribution in [3.63, 3.8) is 0 Å². The molecule has 0 aliphatic rings. The number of rotatable bonds is 9. The monoisotopic (exact) mass is 487 g/mol. The Morgan fingerprint density at radius 1 is 0.750 bits per heavy atom. The third-order valence-electron chi connectivity index (χ3n) is 5.28. The molecular weight excluding hydrogens is 454 g/mol. The van der Waals surface area contributed by atoms with Gasteiger partial charge in [-0.15, -0.1) is 0 Å². The highest BCUT2D eigenvalue weighted by Crippen LogP contribution is 2.22. The highest BCUT2D eigenvalue weighted by Gasteiger charge is 2.26. The minimum absolute atomic E-state index is 0.293. The summed E-state index contributed by atoms with van der Waals surface area (Å²) in [7, 11) is 0. The minimum atomic E-state index is -0.852. The normalized spacial score (nSPS) is 11.9. The molecule has 0 saturated heterocycles. The van der Waals surface area contributed by atoms with E-state index in [2.05, 4.69) is 16.0 Å². The highest BCUT2D eigenvalue weighted by atomic mass is 16.6. The Morgan fingerprint density at radius 2 is 1.25 bits per heavy atom. The van der Waals surface area contributed by atoms with Crippen LogP contribution in [0.15, 0.2) is 91.0 Å². The summed E-state index contributed by atoms with van der Waals surface area (Å²) in [6.07, 6.45) is -0.406. The summed E-state index contributed by atoms with van der Waals surface area (Å²) in [5, 5.41) is 8.31. The van der Waals surface area contributed by atoms with Gasteiger partial charge in [0.2, 0.25) is 11.8 Å². The van der Waals surface area contributed by atoms with Crippen molar-refractivity contribution in [3.8, 4) is 0 Å². The van der Waals surface area contributed by atoms with Gasteiger partial charge in [0.15, 0.2) is 0 Å². The van der Waals surface area contributed by atoms with Crippen molar-refractivity contribution in [2.75, 3.05) is 6.54 Å². The van der Waals surface area contributed by atoms with Crippen LogP contribution in [-0.4, -0.2) is 36.1 Å². The largest absolute Gasteiger partial charge is 0.444 e. The zero-order valence-electron chi connectivity index (χ0n) is 20.9. The first kappa shape index (κ1) is 26.5. The molecule has 0 heterocycles. The molecule has 188 valence electrons. The number of alkyl carbamates (subject to hydrolysis) is 1. The topological polar surface area (TPSA) is 96.5 Å². The molecule has 0 radical (unpaired) electrons. The number of amides is 3. The van der Waals surface area contributed by atoms with Gasteiger partial charge in [0, 0.05) is 6.42 Å². The van der Waals surface area contributed by atoms with E-state index in [1.165, 1.54) is 0 Å². The molecule has 0 aliphatic heterocycles. The number of hydrogen-bond acceptors (Lipinski definition) is 4.